The maximum absolute atomic E-state index is 11.7. The van der Waals surface area contributed by atoms with E-state index in [0.29, 0.717) is 13.2 Å². The Morgan fingerprint density at radius 3 is 1.14 bits per heavy atom. The standard InChI is InChI=1S/C39H70O3/c1-3-5-7-9-11-13-15-17-19-21-22-24-26-28-30-32-34-36-38-42-39(40)41-37-35-33-31-29-27-25-23-20-18-16-14-12-10-8-6-4-2/h10,12,14,16,18,20-22H,3-9,11,13,15,17,19,23-38H2,1-2H3/b12-10?,16-14?,20-18?,22-21-. The zero-order valence-corrected chi connectivity index (χ0v) is 28.1. The van der Waals surface area contributed by atoms with Crippen LogP contribution in [0, 0.1) is 0 Å². The van der Waals surface area contributed by atoms with E-state index in [1.807, 2.05) is 0 Å². The van der Waals surface area contributed by atoms with Crippen LogP contribution in [0.5, 0.6) is 0 Å². The fourth-order valence-corrected chi connectivity index (χ4v) is 4.93. The first kappa shape index (κ1) is 40.2. The van der Waals surface area contributed by atoms with E-state index in [1.165, 1.54) is 135 Å². The van der Waals surface area contributed by atoms with Crippen molar-refractivity contribution in [3.63, 3.8) is 0 Å². The molecule has 0 N–H and O–H groups in total. The van der Waals surface area contributed by atoms with Crippen molar-refractivity contribution in [2.75, 3.05) is 13.2 Å². The van der Waals surface area contributed by atoms with E-state index in [1.54, 1.807) is 0 Å². The molecule has 0 amide bonds. The second kappa shape index (κ2) is 37.3. The summed E-state index contributed by atoms with van der Waals surface area (Å²) in [5.74, 6) is 0. The van der Waals surface area contributed by atoms with Gasteiger partial charge in [0.1, 0.15) is 0 Å². The zero-order valence-electron chi connectivity index (χ0n) is 28.1. The van der Waals surface area contributed by atoms with Crippen LogP contribution in [0.1, 0.15) is 181 Å². The average Bonchev–Trinajstić information content (AvgIpc) is 3.00. The SMILES string of the molecule is CCCCC=CC=CC=CCCCCCCCCOC(=O)OCCCCCCCC/C=C\CCCCCCCCCC. The second-order valence-corrected chi connectivity index (χ2v) is 11.9. The highest BCUT2D eigenvalue weighted by Crippen LogP contribution is 2.12. The Bertz CT molecular complexity index is 646. The molecule has 0 unspecified atom stereocenters. The van der Waals surface area contributed by atoms with E-state index in [4.69, 9.17) is 9.47 Å². The molecule has 3 nitrogen and oxygen atoms in total. The third-order valence-corrected chi connectivity index (χ3v) is 7.69. The molecule has 0 heterocycles. The fourth-order valence-electron chi connectivity index (χ4n) is 4.93. The van der Waals surface area contributed by atoms with Crippen LogP contribution < -0.4 is 0 Å². The van der Waals surface area contributed by atoms with Crippen LogP contribution in [-0.2, 0) is 9.47 Å². The zero-order chi connectivity index (χ0) is 30.4. The van der Waals surface area contributed by atoms with Gasteiger partial charge in [0.25, 0.3) is 0 Å². The quantitative estimate of drug-likeness (QED) is 0.0340. The predicted octanol–water partition coefficient (Wildman–Crippen LogP) is 13.5. The number of ether oxygens (including phenoxy) is 2. The molecule has 0 bridgehead atoms. The maximum Gasteiger partial charge on any atom is 0.508 e. The van der Waals surface area contributed by atoms with Gasteiger partial charge >= 0.3 is 6.16 Å². The lowest BCUT2D eigenvalue weighted by Crippen LogP contribution is -2.09. The molecule has 0 aliphatic carbocycles. The highest BCUT2D eigenvalue weighted by Gasteiger charge is 2.03. The highest BCUT2D eigenvalue weighted by atomic mass is 16.7. The molecule has 0 rings (SSSR count). The lowest BCUT2D eigenvalue weighted by atomic mass is 10.1. The minimum atomic E-state index is -0.494. The summed E-state index contributed by atoms with van der Waals surface area (Å²) >= 11 is 0. The fraction of sp³-hybridized carbons (Fsp3) is 0.769. The Morgan fingerprint density at radius 2 is 0.714 bits per heavy atom. The molecule has 0 aromatic heterocycles. The Hall–Kier alpha value is -1.77. The average molecular weight is 587 g/mol. The van der Waals surface area contributed by atoms with Crippen LogP contribution in [0.4, 0.5) is 4.79 Å². The summed E-state index contributed by atoms with van der Waals surface area (Å²) in [5, 5.41) is 0. The molecule has 0 fully saturated rings. The third-order valence-electron chi connectivity index (χ3n) is 7.69. The molecular weight excluding hydrogens is 516 g/mol. The van der Waals surface area contributed by atoms with Crippen LogP contribution in [0.15, 0.2) is 48.6 Å². The first-order chi connectivity index (χ1) is 20.8. The Morgan fingerprint density at radius 1 is 0.381 bits per heavy atom. The molecule has 0 aliphatic rings. The van der Waals surface area contributed by atoms with E-state index < -0.39 is 6.16 Å². The molecule has 42 heavy (non-hydrogen) atoms. The van der Waals surface area contributed by atoms with Crippen LogP contribution >= 0.6 is 0 Å². The van der Waals surface area contributed by atoms with Gasteiger partial charge in [-0.3, -0.25) is 0 Å². The van der Waals surface area contributed by atoms with Crippen LogP contribution in [0.25, 0.3) is 0 Å². The molecule has 0 atom stereocenters. The number of hydrogen-bond acceptors (Lipinski definition) is 3. The summed E-state index contributed by atoms with van der Waals surface area (Å²) in [6.45, 7) is 5.47. The molecular formula is C39H70O3. The van der Waals surface area contributed by atoms with Gasteiger partial charge in [-0.1, -0.05) is 172 Å². The van der Waals surface area contributed by atoms with Crippen LogP contribution in [-0.4, -0.2) is 19.4 Å². The Balaban J connectivity index is 3.27. The topological polar surface area (TPSA) is 35.5 Å². The minimum absolute atomic E-state index is 0.481. The summed E-state index contributed by atoms with van der Waals surface area (Å²) < 4.78 is 10.4. The normalized spacial score (nSPS) is 12.0. The lowest BCUT2D eigenvalue weighted by molar-refractivity contribution is 0.0529. The smallest absolute Gasteiger partial charge is 0.434 e. The molecule has 0 aromatic rings. The summed E-state index contributed by atoms with van der Waals surface area (Å²) in [7, 11) is 0. The number of carbonyl (C=O) groups is 1. The number of carbonyl (C=O) groups excluding carboxylic acids is 1. The van der Waals surface area contributed by atoms with Crippen molar-refractivity contribution in [1.82, 2.24) is 0 Å². The number of hydrogen-bond donors (Lipinski definition) is 0. The van der Waals surface area contributed by atoms with Crippen molar-refractivity contribution in [3.8, 4) is 0 Å². The van der Waals surface area contributed by atoms with Gasteiger partial charge < -0.3 is 9.47 Å². The van der Waals surface area contributed by atoms with E-state index in [0.717, 1.165) is 32.1 Å². The lowest BCUT2D eigenvalue weighted by Gasteiger charge is -2.06. The van der Waals surface area contributed by atoms with Crippen LogP contribution in [0.2, 0.25) is 0 Å². The molecule has 0 radical (unpaired) electrons. The van der Waals surface area contributed by atoms with Gasteiger partial charge in [0, 0.05) is 0 Å². The highest BCUT2D eigenvalue weighted by molar-refractivity contribution is 5.59. The van der Waals surface area contributed by atoms with Crippen molar-refractivity contribution < 1.29 is 14.3 Å². The van der Waals surface area contributed by atoms with Gasteiger partial charge in [0.15, 0.2) is 0 Å². The van der Waals surface area contributed by atoms with E-state index in [2.05, 4.69) is 62.5 Å². The van der Waals surface area contributed by atoms with Crippen molar-refractivity contribution >= 4 is 6.16 Å². The number of allylic oxidation sites excluding steroid dienone is 8. The van der Waals surface area contributed by atoms with Gasteiger partial charge in [0.05, 0.1) is 13.2 Å². The van der Waals surface area contributed by atoms with E-state index >= 15 is 0 Å². The molecule has 0 spiro atoms. The first-order valence-electron chi connectivity index (χ1n) is 18.2. The number of unbranched alkanes of at least 4 members (excludes halogenated alkanes) is 22. The Kier molecular flexibility index (Phi) is 35.7. The molecule has 0 aliphatic heterocycles. The van der Waals surface area contributed by atoms with Crippen LogP contribution in [0.3, 0.4) is 0 Å². The van der Waals surface area contributed by atoms with Crippen molar-refractivity contribution in [2.24, 2.45) is 0 Å². The van der Waals surface area contributed by atoms with E-state index in [9.17, 15) is 4.79 Å². The second-order valence-electron chi connectivity index (χ2n) is 11.9. The molecule has 3 heteroatoms. The van der Waals surface area contributed by atoms with Crippen molar-refractivity contribution in [3.05, 3.63) is 48.6 Å². The predicted molar refractivity (Wildman–Crippen MR) is 185 cm³/mol. The summed E-state index contributed by atoms with van der Waals surface area (Å²) in [5.41, 5.74) is 0. The minimum Gasteiger partial charge on any atom is -0.434 e. The van der Waals surface area contributed by atoms with E-state index in [-0.39, 0.29) is 0 Å². The molecule has 244 valence electrons. The molecule has 0 aromatic carbocycles. The Labute approximate surface area is 262 Å². The summed E-state index contributed by atoms with van der Waals surface area (Å²) in [6.07, 6.45) is 50.0. The first-order valence-corrected chi connectivity index (χ1v) is 18.2. The maximum atomic E-state index is 11.7. The van der Waals surface area contributed by atoms with Gasteiger partial charge in [0.2, 0.25) is 0 Å². The van der Waals surface area contributed by atoms with Gasteiger partial charge in [-0.2, -0.15) is 0 Å². The van der Waals surface area contributed by atoms with Crippen molar-refractivity contribution in [1.29, 1.82) is 0 Å². The molecule has 0 saturated carbocycles. The summed E-state index contributed by atoms with van der Waals surface area (Å²) in [6, 6.07) is 0. The summed E-state index contributed by atoms with van der Waals surface area (Å²) in [4.78, 5) is 11.7. The molecule has 0 saturated heterocycles. The number of rotatable bonds is 32. The van der Waals surface area contributed by atoms with Crippen molar-refractivity contribution in [2.45, 2.75) is 181 Å². The van der Waals surface area contributed by atoms with Gasteiger partial charge in [-0.05, 0) is 57.8 Å². The third kappa shape index (κ3) is 36.3. The van der Waals surface area contributed by atoms with Gasteiger partial charge in [-0.25, -0.2) is 4.79 Å². The monoisotopic (exact) mass is 587 g/mol. The largest absolute Gasteiger partial charge is 0.508 e. The van der Waals surface area contributed by atoms with Gasteiger partial charge in [-0.15, -0.1) is 0 Å².